The van der Waals surface area contributed by atoms with E-state index in [9.17, 15) is 17.8 Å². The summed E-state index contributed by atoms with van der Waals surface area (Å²) in [7, 11) is -1.89. The number of halogens is 2. The third-order valence-electron chi connectivity index (χ3n) is 8.88. The monoisotopic (exact) mass is 571 g/mol. The third-order valence-corrected chi connectivity index (χ3v) is 10.2. The van der Waals surface area contributed by atoms with Gasteiger partial charge in [-0.25, -0.2) is 17.7 Å². The molecule has 4 rings (SSSR count). The molecule has 40 heavy (non-hydrogen) atoms. The van der Waals surface area contributed by atoms with Gasteiger partial charge >= 0.3 is 0 Å². The van der Waals surface area contributed by atoms with Gasteiger partial charge in [0.1, 0.15) is 22.6 Å². The fourth-order valence-electron chi connectivity index (χ4n) is 6.19. The van der Waals surface area contributed by atoms with Crippen molar-refractivity contribution in [1.82, 2.24) is 9.62 Å². The Morgan fingerprint density at radius 1 is 1.15 bits per heavy atom. The molecule has 2 fully saturated rings. The molecular formula is C32H43F2N3O2S. The van der Waals surface area contributed by atoms with Crippen LogP contribution in [0.4, 0.5) is 8.78 Å². The number of nitrogens with zero attached hydrogens (tertiary/aromatic N) is 2. The van der Waals surface area contributed by atoms with Crippen molar-refractivity contribution in [1.29, 1.82) is 0 Å². The Kier molecular flexibility index (Phi) is 10.3. The lowest BCUT2D eigenvalue weighted by Crippen LogP contribution is -2.45. The number of carbonyl (C=O) groups is 1. The van der Waals surface area contributed by atoms with E-state index < -0.39 is 28.5 Å². The molecular weight excluding hydrogens is 528 g/mol. The van der Waals surface area contributed by atoms with Crippen molar-refractivity contribution >= 4 is 22.6 Å². The molecule has 1 saturated carbocycles. The smallest absolute Gasteiger partial charge is 0.256 e. The zero-order chi connectivity index (χ0) is 28.9. The van der Waals surface area contributed by atoms with Gasteiger partial charge in [-0.2, -0.15) is 0 Å². The van der Waals surface area contributed by atoms with Gasteiger partial charge in [0.25, 0.3) is 5.91 Å². The fraction of sp³-hybridized carbons (Fsp3) is 0.562. The highest BCUT2D eigenvalue weighted by Crippen LogP contribution is 2.40. The molecule has 0 spiro atoms. The van der Waals surface area contributed by atoms with E-state index in [1.165, 1.54) is 17.7 Å². The summed E-state index contributed by atoms with van der Waals surface area (Å²) in [6.07, 6.45) is 6.50. The van der Waals surface area contributed by atoms with Crippen molar-refractivity contribution in [3.8, 4) is 0 Å². The Hall–Kier alpha value is -2.45. The van der Waals surface area contributed by atoms with Crippen molar-refractivity contribution in [2.45, 2.75) is 89.0 Å². The lowest BCUT2D eigenvalue weighted by molar-refractivity contribution is 0.0655. The Morgan fingerprint density at radius 3 is 2.50 bits per heavy atom. The minimum atomic E-state index is -1.89. The highest BCUT2D eigenvalue weighted by Gasteiger charge is 2.38. The Balaban J connectivity index is 1.50. The zero-order valence-electron chi connectivity index (χ0n) is 24.2. The summed E-state index contributed by atoms with van der Waals surface area (Å²) in [6, 6.07) is 12.1. The maximum absolute atomic E-state index is 14.8. The van der Waals surface area contributed by atoms with E-state index in [0.717, 1.165) is 44.7 Å². The summed E-state index contributed by atoms with van der Waals surface area (Å²) in [6.45, 7) is 9.96. The van der Waals surface area contributed by atoms with Gasteiger partial charge in [-0.15, -0.1) is 0 Å². The summed E-state index contributed by atoms with van der Waals surface area (Å²) >= 11 is 0. The second-order valence-corrected chi connectivity index (χ2v) is 12.9. The third kappa shape index (κ3) is 6.88. The molecule has 218 valence electrons. The summed E-state index contributed by atoms with van der Waals surface area (Å²) in [5.41, 5.74) is 2.24. The Morgan fingerprint density at radius 2 is 1.85 bits per heavy atom. The predicted molar refractivity (Wildman–Crippen MR) is 158 cm³/mol. The van der Waals surface area contributed by atoms with Crippen LogP contribution in [0.5, 0.6) is 0 Å². The largest absolute Gasteiger partial charge is 0.338 e. The summed E-state index contributed by atoms with van der Waals surface area (Å²) in [5, 5.41) is 0. The van der Waals surface area contributed by atoms with Gasteiger partial charge in [-0.05, 0) is 75.3 Å². The molecule has 0 bridgehead atoms. The van der Waals surface area contributed by atoms with Crippen LogP contribution in [0.3, 0.4) is 0 Å². The van der Waals surface area contributed by atoms with Crippen LogP contribution in [0.25, 0.3) is 0 Å². The van der Waals surface area contributed by atoms with Crippen LogP contribution in [0, 0.1) is 23.5 Å². The van der Waals surface area contributed by atoms with Gasteiger partial charge in [0.2, 0.25) is 0 Å². The molecule has 0 aromatic heterocycles. The summed E-state index contributed by atoms with van der Waals surface area (Å²) in [4.78, 5) is 20.0. The molecule has 2 aliphatic rings. The number of rotatable bonds is 10. The van der Waals surface area contributed by atoms with Crippen molar-refractivity contribution in [2.75, 3.05) is 19.6 Å². The van der Waals surface area contributed by atoms with Crippen molar-refractivity contribution in [3.05, 3.63) is 65.2 Å². The van der Waals surface area contributed by atoms with Crippen LogP contribution < -0.4 is 4.72 Å². The molecule has 1 saturated heterocycles. The van der Waals surface area contributed by atoms with Gasteiger partial charge in [0, 0.05) is 42.9 Å². The SMILES string of the molecule is CCC(C)NS(=O)c1cc(C(=O)N2CCC(CCN=C3CC(C)CC3CC)(c3ccccc3)CC2)c(F)cc1F. The van der Waals surface area contributed by atoms with Crippen molar-refractivity contribution in [3.63, 3.8) is 0 Å². The lowest BCUT2D eigenvalue weighted by Gasteiger charge is -2.42. The van der Waals surface area contributed by atoms with E-state index >= 15 is 0 Å². The van der Waals surface area contributed by atoms with Crippen LogP contribution in [-0.2, 0) is 16.4 Å². The molecule has 1 aliphatic carbocycles. The molecule has 1 aliphatic heterocycles. The molecule has 8 heteroatoms. The first-order valence-electron chi connectivity index (χ1n) is 14.7. The quantitative estimate of drug-likeness (QED) is 0.340. The van der Waals surface area contributed by atoms with E-state index in [0.29, 0.717) is 37.4 Å². The fourth-order valence-corrected chi connectivity index (χ4v) is 7.31. The topological polar surface area (TPSA) is 61.8 Å². The number of benzene rings is 2. The van der Waals surface area contributed by atoms with Gasteiger partial charge in [-0.1, -0.05) is 51.1 Å². The molecule has 0 radical (unpaired) electrons. The maximum Gasteiger partial charge on any atom is 0.256 e. The highest BCUT2D eigenvalue weighted by atomic mass is 32.2. The van der Waals surface area contributed by atoms with E-state index in [2.05, 4.69) is 42.8 Å². The summed E-state index contributed by atoms with van der Waals surface area (Å²) < 4.78 is 44.8. The van der Waals surface area contributed by atoms with Crippen LogP contribution in [0.1, 0.15) is 88.6 Å². The molecule has 4 atom stereocenters. The minimum Gasteiger partial charge on any atom is -0.338 e. The molecule has 1 N–H and O–H groups in total. The minimum absolute atomic E-state index is 0.118. The number of hydrogen-bond donors (Lipinski definition) is 1. The van der Waals surface area contributed by atoms with E-state index in [1.807, 2.05) is 19.9 Å². The first-order chi connectivity index (χ1) is 19.2. The molecule has 1 heterocycles. The number of aliphatic imine (C=N–C) groups is 1. The van der Waals surface area contributed by atoms with Gasteiger partial charge < -0.3 is 4.90 Å². The maximum atomic E-state index is 14.8. The lowest BCUT2D eigenvalue weighted by atomic mass is 9.70. The Bertz CT molecular complexity index is 1230. The molecule has 5 nitrogen and oxygen atoms in total. The standard InChI is InChI=1S/C32H43F2N3O2S/c1-5-23(4)36-40(39)30-20-26(27(33)21-28(30)34)31(38)37-16-13-32(14-17-37,25-10-8-7-9-11-25)12-15-35-29-19-22(3)18-24(29)6-2/h7-11,20-24,36H,5-6,12-19H2,1-4H3. The first kappa shape index (κ1) is 30.5. The molecule has 4 unspecified atom stereocenters. The van der Waals surface area contributed by atoms with Crippen LogP contribution in [0.15, 0.2) is 52.4 Å². The molecule has 1 amide bonds. The van der Waals surface area contributed by atoms with Crippen LogP contribution in [0.2, 0.25) is 0 Å². The average molecular weight is 572 g/mol. The predicted octanol–water partition coefficient (Wildman–Crippen LogP) is 6.84. The number of carbonyl (C=O) groups excluding carboxylic acids is 1. The van der Waals surface area contributed by atoms with E-state index in [1.54, 1.807) is 4.90 Å². The molecule has 2 aromatic rings. The van der Waals surface area contributed by atoms with Crippen LogP contribution >= 0.6 is 0 Å². The van der Waals surface area contributed by atoms with Gasteiger partial charge in [0.15, 0.2) is 0 Å². The van der Waals surface area contributed by atoms with E-state index in [-0.39, 0.29) is 21.9 Å². The Labute approximate surface area is 240 Å². The van der Waals surface area contributed by atoms with Gasteiger partial charge in [0.05, 0.1) is 10.5 Å². The number of amides is 1. The second-order valence-electron chi connectivity index (χ2n) is 11.7. The first-order valence-corrected chi connectivity index (χ1v) is 15.9. The second kappa shape index (κ2) is 13.5. The normalized spacial score (nSPS) is 23.4. The van der Waals surface area contributed by atoms with Crippen molar-refractivity contribution < 1.29 is 17.8 Å². The zero-order valence-corrected chi connectivity index (χ0v) is 25.0. The average Bonchev–Trinajstić information content (AvgIpc) is 3.32. The van der Waals surface area contributed by atoms with Crippen molar-refractivity contribution in [2.24, 2.45) is 16.8 Å². The highest BCUT2D eigenvalue weighted by molar-refractivity contribution is 7.83. The number of likely N-dealkylation sites (tertiary alicyclic amines) is 1. The molecule has 2 aromatic carbocycles. The van der Waals surface area contributed by atoms with Gasteiger partial charge in [-0.3, -0.25) is 9.79 Å². The number of hydrogen-bond acceptors (Lipinski definition) is 3. The van der Waals surface area contributed by atoms with Crippen LogP contribution in [-0.4, -0.2) is 46.4 Å². The van der Waals surface area contributed by atoms with E-state index in [4.69, 9.17) is 4.99 Å². The number of nitrogens with one attached hydrogen (secondary N) is 1. The number of piperidine rings is 1. The summed E-state index contributed by atoms with van der Waals surface area (Å²) in [5.74, 6) is -1.07.